The van der Waals surface area contributed by atoms with Crippen LogP contribution in [0.2, 0.25) is 0 Å². The molecule has 5 heteroatoms. The lowest BCUT2D eigenvalue weighted by molar-refractivity contribution is 1.18. The minimum atomic E-state index is -0.367. The van der Waals surface area contributed by atoms with Gasteiger partial charge in [0.15, 0.2) is 0 Å². The van der Waals surface area contributed by atoms with Crippen molar-refractivity contribution in [1.29, 1.82) is 0 Å². The molecule has 0 fully saturated rings. The summed E-state index contributed by atoms with van der Waals surface area (Å²) in [6, 6.07) is 89.2. The zero-order chi connectivity index (χ0) is 44.4. The molecule has 13 rings (SSSR count). The second kappa shape index (κ2) is 16.1. The van der Waals surface area contributed by atoms with Gasteiger partial charge in [0.05, 0.1) is 36.8 Å². The van der Waals surface area contributed by atoms with Crippen LogP contribution in [-0.4, -0.2) is 18.2 Å². The van der Waals surface area contributed by atoms with Gasteiger partial charge in [-0.1, -0.05) is 175 Å². The van der Waals surface area contributed by atoms with Crippen LogP contribution in [0.15, 0.2) is 243 Å². The second-order valence-corrected chi connectivity index (χ2v) is 19.9. The van der Waals surface area contributed by atoms with Crippen LogP contribution in [0.5, 0.6) is 0 Å². The number of nitrogens with zero attached hydrogens (tertiary/aromatic N) is 3. The van der Waals surface area contributed by atoms with Crippen LogP contribution < -0.4 is 10.1 Å². The van der Waals surface area contributed by atoms with Gasteiger partial charge in [-0.3, -0.25) is 0 Å². The van der Waals surface area contributed by atoms with E-state index < -0.39 is 0 Å². The molecule has 0 bridgehead atoms. The first-order valence-corrected chi connectivity index (χ1v) is 27.0. The lowest BCUT2D eigenvalue weighted by Crippen LogP contribution is -2.13. The third-order valence-corrected chi connectivity index (χ3v) is 16.0. The molecule has 3 nitrogen and oxygen atoms in total. The molecule has 0 saturated carbocycles. The maximum Gasteiger partial charge on any atom is 0.0751 e. The van der Waals surface area contributed by atoms with Gasteiger partial charge in [-0.05, 0) is 100 Å². The number of pyridine rings is 1. The summed E-state index contributed by atoms with van der Waals surface area (Å²) in [5.74, 6) is 0. The van der Waals surface area contributed by atoms with Crippen molar-refractivity contribution in [2.45, 2.75) is 0 Å². The topological polar surface area (TPSA) is 12.6 Å². The smallest absolute Gasteiger partial charge is 0.0751 e. The van der Waals surface area contributed by atoms with Gasteiger partial charge < -0.3 is 13.9 Å². The number of anilines is 3. The largest absolute Gasteiger partial charge is 0.311 e. The van der Waals surface area contributed by atoms with Crippen molar-refractivity contribution in [3.05, 3.63) is 243 Å². The van der Waals surface area contributed by atoms with E-state index in [0.29, 0.717) is 0 Å². The number of fused-ring (bicyclic) bond motifs is 11. The Morgan fingerprint density at radius 1 is 0.343 bits per heavy atom. The second-order valence-electron chi connectivity index (χ2n) is 17.4. The van der Waals surface area contributed by atoms with Crippen LogP contribution in [-0.2, 0) is 0 Å². The summed E-state index contributed by atoms with van der Waals surface area (Å²) < 4.78 is 4.90. The highest BCUT2D eigenvalue weighted by Gasteiger charge is 2.22. The average Bonchev–Trinajstić information content (AvgIpc) is 3.93. The summed E-state index contributed by atoms with van der Waals surface area (Å²) in [4.78, 5) is 2.39. The van der Waals surface area contributed by atoms with Crippen molar-refractivity contribution >= 4 is 100 Å². The molecule has 13 aromatic rings. The SMILES string of the molecule is P[SiH2]c1ccc(N(c2ccc(-c3ccc4c(c3)c3ccccc3n4-c3ccccc3)cc2)c2ccc(-c3cccc4c5ccccc5c5c(-c6ccccc6)c6ccccc6n5c34)cc2)cc1. The van der Waals surface area contributed by atoms with Gasteiger partial charge in [0.1, 0.15) is 0 Å². The molecule has 1 unspecified atom stereocenters. The molecule has 0 radical (unpaired) electrons. The lowest BCUT2D eigenvalue weighted by Gasteiger charge is -2.26. The number of hydrogen-bond donors (Lipinski definition) is 0. The third-order valence-electron chi connectivity index (χ3n) is 13.7. The van der Waals surface area contributed by atoms with Crippen molar-refractivity contribution < 1.29 is 0 Å². The van der Waals surface area contributed by atoms with Crippen molar-refractivity contribution in [2.75, 3.05) is 4.90 Å². The summed E-state index contributed by atoms with van der Waals surface area (Å²) in [6.45, 7) is 0. The van der Waals surface area contributed by atoms with Crippen LogP contribution in [0.25, 0.3) is 99.0 Å². The highest BCUT2D eigenvalue weighted by molar-refractivity contribution is 7.58. The third kappa shape index (κ3) is 6.44. The van der Waals surface area contributed by atoms with Crippen LogP contribution in [0.4, 0.5) is 17.1 Å². The molecule has 67 heavy (non-hydrogen) atoms. The first-order valence-electron chi connectivity index (χ1n) is 23.0. The van der Waals surface area contributed by atoms with Gasteiger partial charge in [0, 0.05) is 60.8 Å². The van der Waals surface area contributed by atoms with E-state index in [0.717, 1.165) is 17.1 Å². The van der Waals surface area contributed by atoms with E-state index in [9.17, 15) is 0 Å². The summed E-state index contributed by atoms with van der Waals surface area (Å²) in [7, 11) is 2.63. The molecule has 1 atom stereocenters. The fourth-order valence-corrected chi connectivity index (χ4v) is 11.9. The predicted octanol–water partition coefficient (Wildman–Crippen LogP) is 15.6. The van der Waals surface area contributed by atoms with Gasteiger partial charge in [-0.25, -0.2) is 0 Å². The molecular weight excluding hydrogens is 846 g/mol. The van der Waals surface area contributed by atoms with E-state index in [4.69, 9.17) is 0 Å². The van der Waals surface area contributed by atoms with Gasteiger partial charge in [0.25, 0.3) is 0 Å². The van der Waals surface area contributed by atoms with Crippen molar-refractivity contribution in [3.63, 3.8) is 0 Å². The molecule has 3 aromatic heterocycles. The Morgan fingerprint density at radius 3 is 1.57 bits per heavy atom. The van der Waals surface area contributed by atoms with Gasteiger partial charge in [0.2, 0.25) is 0 Å². The number of aromatic nitrogens is 2. The Kier molecular flexibility index (Phi) is 9.49. The normalized spacial score (nSPS) is 11.9. The fraction of sp³-hybridized carbons (Fsp3) is 0. The van der Waals surface area contributed by atoms with Gasteiger partial charge in [-0.2, -0.15) is 8.79 Å². The van der Waals surface area contributed by atoms with E-state index in [-0.39, 0.29) is 9.19 Å². The first kappa shape index (κ1) is 39.4. The van der Waals surface area contributed by atoms with E-state index >= 15 is 0 Å². The lowest BCUT2D eigenvalue weighted by atomic mass is 9.96. The maximum atomic E-state index is 3.00. The monoisotopic (exact) mass is 889 g/mol. The minimum absolute atomic E-state index is 0.367. The zero-order valence-corrected chi connectivity index (χ0v) is 39.3. The van der Waals surface area contributed by atoms with Crippen molar-refractivity contribution in [3.8, 4) is 39.1 Å². The van der Waals surface area contributed by atoms with E-state index in [2.05, 4.69) is 265 Å². The zero-order valence-electron chi connectivity index (χ0n) is 36.7. The number of para-hydroxylation sites is 4. The molecule has 0 aliphatic heterocycles. The number of hydrogen-bond acceptors (Lipinski definition) is 1. The first-order chi connectivity index (χ1) is 33.2. The molecular formula is C62H44N3PSi. The Morgan fingerprint density at radius 2 is 0.866 bits per heavy atom. The molecule has 0 aliphatic carbocycles. The minimum Gasteiger partial charge on any atom is -0.311 e. The van der Waals surface area contributed by atoms with Crippen LogP contribution in [0.1, 0.15) is 0 Å². The number of rotatable bonds is 8. The summed E-state index contributed by atoms with van der Waals surface area (Å²) in [6.07, 6.45) is 0. The Hall–Kier alpha value is -8.01. The van der Waals surface area contributed by atoms with E-state index in [1.165, 1.54) is 104 Å². The standard InChI is InChI=1S/C62H44N3PSi/c66-67-49-37-35-48(36-38-49)63(46-31-26-41(27-32-46)44-30-39-59-56(40-44)52-19-9-11-24-57(52)64(59)45-16-5-2-6-17-45)47-33-28-42(29-34-47)50-22-13-23-53-51-18-7-8-20-54(51)62-60(43-14-3-1-4-15-43)55-21-10-12-25-58(55)65(62)61(50)53/h1-40H,66-67H2. The fourth-order valence-electron chi connectivity index (χ4n) is 10.6. The molecule has 0 amide bonds. The Bertz CT molecular complexity index is 3990. The van der Waals surface area contributed by atoms with Crippen LogP contribution in [0, 0.1) is 0 Å². The Labute approximate surface area is 393 Å². The maximum absolute atomic E-state index is 3.00. The summed E-state index contributed by atoms with van der Waals surface area (Å²) in [5, 5.41) is 8.94. The van der Waals surface area contributed by atoms with Gasteiger partial charge in [-0.15, -0.1) is 0 Å². The summed E-state index contributed by atoms with van der Waals surface area (Å²) in [5.41, 5.74) is 17.9. The highest BCUT2D eigenvalue weighted by Crippen LogP contribution is 2.45. The molecule has 0 spiro atoms. The molecule has 10 aromatic carbocycles. The molecule has 3 heterocycles. The van der Waals surface area contributed by atoms with E-state index in [1.807, 2.05) is 0 Å². The Balaban J connectivity index is 0.932. The average molecular weight is 890 g/mol. The molecule has 0 saturated heterocycles. The van der Waals surface area contributed by atoms with Gasteiger partial charge >= 0.3 is 0 Å². The summed E-state index contributed by atoms with van der Waals surface area (Å²) >= 11 is 0. The number of benzene rings is 10. The van der Waals surface area contributed by atoms with E-state index in [1.54, 1.807) is 0 Å². The van der Waals surface area contributed by atoms with Crippen LogP contribution in [0.3, 0.4) is 0 Å². The van der Waals surface area contributed by atoms with Crippen LogP contribution >= 0.6 is 8.79 Å². The predicted molar refractivity (Wildman–Crippen MR) is 293 cm³/mol. The molecule has 0 N–H and O–H groups in total. The molecule has 0 aliphatic rings. The molecule has 316 valence electrons. The van der Waals surface area contributed by atoms with Crippen molar-refractivity contribution in [1.82, 2.24) is 8.97 Å². The quantitative estimate of drug-likeness (QED) is 0.0841. The van der Waals surface area contributed by atoms with Crippen molar-refractivity contribution in [2.24, 2.45) is 0 Å². The highest BCUT2D eigenvalue weighted by atomic mass is 31.3.